The first-order chi connectivity index (χ1) is 10.9. The summed E-state index contributed by atoms with van der Waals surface area (Å²) in [6, 6.07) is 0. The van der Waals surface area contributed by atoms with Crippen LogP contribution < -0.4 is 10.6 Å². The molecule has 0 aliphatic carbocycles. The molecule has 2 rings (SSSR count). The first kappa shape index (κ1) is 20.4. The van der Waals surface area contributed by atoms with Gasteiger partial charge in [-0.05, 0) is 6.92 Å². The van der Waals surface area contributed by atoms with E-state index < -0.39 is 0 Å². The van der Waals surface area contributed by atoms with Crippen LogP contribution in [0, 0.1) is 0 Å². The van der Waals surface area contributed by atoms with E-state index in [4.69, 9.17) is 4.42 Å². The minimum atomic E-state index is -0.0462. The summed E-state index contributed by atoms with van der Waals surface area (Å²) in [5.41, 5.74) is -0.0462. The smallest absolute Gasteiger partial charge is 0.213 e. The van der Waals surface area contributed by atoms with Crippen LogP contribution in [-0.4, -0.2) is 32.8 Å². The molecule has 0 fully saturated rings. The summed E-state index contributed by atoms with van der Waals surface area (Å²) < 4.78 is 7.72. The summed E-state index contributed by atoms with van der Waals surface area (Å²) in [5.74, 6) is 3.02. The Balaban J connectivity index is 0.00000288. The molecule has 0 saturated carbocycles. The van der Waals surface area contributed by atoms with Crippen LogP contribution in [-0.2, 0) is 25.0 Å². The Morgan fingerprint density at radius 1 is 1.29 bits per heavy atom. The minimum absolute atomic E-state index is 0. The van der Waals surface area contributed by atoms with E-state index in [1.807, 2.05) is 4.57 Å². The number of hydrogen-bond donors (Lipinski definition) is 2. The number of rotatable bonds is 5. The summed E-state index contributed by atoms with van der Waals surface area (Å²) in [6.07, 6.45) is 3.49. The van der Waals surface area contributed by atoms with Crippen LogP contribution >= 0.6 is 24.0 Å². The summed E-state index contributed by atoms with van der Waals surface area (Å²) in [4.78, 5) is 8.47. The van der Waals surface area contributed by atoms with Crippen molar-refractivity contribution in [3.05, 3.63) is 30.0 Å². The average Bonchev–Trinajstić information content (AvgIpc) is 3.15. The lowest BCUT2D eigenvalue weighted by Gasteiger charge is -2.13. The highest BCUT2D eigenvalue weighted by atomic mass is 127. The zero-order valence-electron chi connectivity index (χ0n) is 14.8. The number of aromatic nitrogens is 4. The molecule has 2 aromatic rings. The second-order valence-electron chi connectivity index (χ2n) is 6.18. The van der Waals surface area contributed by atoms with Crippen LogP contribution in [0.2, 0.25) is 0 Å². The lowest BCUT2D eigenvalue weighted by atomic mass is 9.94. The maximum absolute atomic E-state index is 5.75. The number of nitrogens with one attached hydrogen (secondary N) is 2. The third-order valence-electron chi connectivity index (χ3n) is 3.37. The maximum atomic E-state index is 5.75. The van der Waals surface area contributed by atoms with Gasteiger partial charge in [-0.15, -0.1) is 34.2 Å². The molecule has 0 aliphatic rings. The van der Waals surface area contributed by atoms with E-state index in [1.165, 1.54) is 0 Å². The van der Waals surface area contributed by atoms with E-state index in [-0.39, 0.29) is 29.4 Å². The van der Waals surface area contributed by atoms with E-state index in [0.717, 1.165) is 18.1 Å². The van der Waals surface area contributed by atoms with Crippen molar-refractivity contribution in [2.45, 2.75) is 52.7 Å². The molecule has 0 aromatic carbocycles. The first-order valence-corrected chi connectivity index (χ1v) is 7.70. The zero-order chi connectivity index (χ0) is 16.9. The minimum Gasteiger partial charge on any atom is -0.443 e. The summed E-state index contributed by atoms with van der Waals surface area (Å²) >= 11 is 0. The number of nitrogens with zero attached hydrogens (tertiary/aromatic N) is 5. The van der Waals surface area contributed by atoms with Gasteiger partial charge in [-0.1, -0.05) is 20.8 Å². The van der Waals surface area contributed by atoms with Gasteiger partial charge in [-0.2, -0.15) is 0 Å². The number of aryl methyl sites for hydroxylation is 1. The van der Waals surface area contributed by atoms with Crippen molar-refractivity contribution in [1.29, 1.82) is 0 Å². The van der Waals surface area contributed by atoms with Crippen molar-refractivity contribution in [2.75, 3.05) is 7.05 Å². The van der Waals surface area contributed by atoms with E-state index in [1.54, 1.807) is 19.6 Å². The van der Waals surface area contributed by atoms with Gasteiger partial charge < -0.3 is 19.6 Å². The second-order valence-corrected chi connectivity index (χ2v) is 6.18. The second kappa shape index (κ2) is 9.00. The summed E-state index contributed by atoms with van der Waals surface area (Å²) in [7, 11) is 1.72. The number of hydrogen-bond acceptors (Lipinski definition) is 5. The Morgan fingerprint density at radius 2 is 2.00 bits per heavy atom. The predicted molar refractivity (Wildman–Crippen MR) is 103 cm³/mol. The van der Waals surface area contributed by atoms with Gasteiger partial charge in [0.25, 0.3) is 0 Å². The molecule has 0 spiro atoms. The fourth-order valence-electron chi connectivity index (χ4n) is 1.96. The van der Waals surface area contributed by atoms with Crippen molar-refractivity contribution in [2.24, 2.45) is 4.99 Å². The van der Waals surface area contributed by atoms with E-state index >= 15 is 0 Å². The van der Waals surface area contributed by atoms with Gasteiger partial charge in [0.1, 0.15) is 12.1 Å². The number of guanidine groups is 1. The molecule has 0 radical (unpaired) electrons. The van der Waals surface area contributed by atoms with Crippen LogP contribution in [0.15, 0.2) is 21.9 Å². The molecule has 134 valence electrons. The van der Waals surface area contributed by atoms with E-state index in [2.05, 4.69) is 58.5 Å². The molecule has 2 heterocycles. The van der Waals surface area contributed by atoms with Crippen LogP contribution in [0.5, 0.6) is 0 Å². The average molecular weight is 447 g/mol. The Labute approximate surface area is 159 Å². The largest absolute Gasteiger partial charge is 0.443 e. The van der Waals surface area contributed by atoms with Crippen LogP contribution in [0.3, 0.4) is 0 Å². The third kappa shape index (κ3) is 5.46. The Hall–Kier alpha value is -1.65. The quantitative estimate of drug-likeness (QED) is 0.414. The van der Waals surface area contributed by atoms with E-state index in [0.29, 0.717) is 24.9 Å². The SMILES string of the molecule is CCn1cnnc1CNC(=NC)NCc1ncc(C(C)(C)C)o1.I. The lowest BCUT2D eigenvalue weighted by Crippen LogP contribution is -2.37. The highest BCUT2D eigenvalue weighted by Gasteiger charge is 2.19. The lowest BCUT2D eigenvalue weighted by molar-refractivity contribution is 0.379. The summed E-state index contributed by atoms with van der Waals surface area (Å²) in [5, 5.41) is 14.4. The fraction of sp³-hybridized carbons (Fsp3) is 0.600. The van der Waals surface area contributed by atoms with Crippen molar-refractivity contribution in [3.8, 4) is 0 Å². The van der Waals surface area contributed by atoms with Gasteiger partial charge >= 0.3 is 0 Å². The molecule has 0 aliphatic heterocycles. The van der Waals surface area contributed by atoms with Gasteiger partial charge in [-0.3, -0.25) is 4.99 Å². The van der Waals surface area contributed by atoms with E-state index in [9.17, 15) is 0 Å². The van der Waals surface area contributed by atoms with Gasteiger partial charge in [0.15, 0.2) is 11.8 Å². The Morgan fingerprint density at radius 3 is 2.58 bits per heavy atom. The zero-order valence-corrected chi connectivity index (χ0v) is 17.2. The summed E-state index contributed by atoms with van der Waals surface area (Å²) in [6.45, 7) is 10.2. The fourth-order valence-corrected chi connectivity index (χ4v) is 1.96. The first-order valence-electron chi connectivity index (χ1n) is 7.70. The third-order valence-corrected chi connectivity index (χ3v) is 3.37. The van der Waals surface area contributed by atoms with Gasteiger partial charge in [-0.25, -0.2) is 4.98 Å². The topological polar surface area (TPSA) is 93.2 Å². The standard InChI is InChI=1S/C15H25N7O.HI/c1-6-22-10-20-21-12(22)8-18-14(16-5)19-9-13-17-7-11(23-13)15(2,3)4;/h7,10H,6,8-9H2,1-5H3,(H2,16,18,19);1H. The molecule has 0 amide bonds. The number of aliphatic imine (C=N–C) groups is 1. The highest BCUT2D eigenvalue weighted by Crippen LogP contribution is 2.22. The van der Waals surface area contributed by atoms with Crippen molar-refractivity contribution < 1.29 is 4.42 Å². The molecule has 0 atom stereocenters. The molecule has 0 bridgehead atoms. The molecule has 8 nitrogen and oxygen atoms in total. The monoisotopic (exact) mass is 447 g/mol. The van der Waals surface area contributed by atoms with Crippen LogP contribution in [0.4, 0.5) is 0 Å². The van der Waals surface area contributed by atoms with Gasteiger partial charge in [0, 0.05) is 19.0 Å². The van der Waals surface area contributed by atoms with Crippen LogP contribution in [0.25, 0.3) is 0 Å². The molecular formula is C15H26IN7O. The molecule has 2 N–H and O–H groups in total. The molecular weight excluding hydrogens is 421 g/mol. The highest BCUT2D eigenvalue weighted by molar-refractivity contribution is 14.0. The maximum Gasteiger partial charge on any atom is 0.213 e. The van der Waals surface area contributed by atoms with Crippen molar-refractivity contribution >= 4 is 29.9 Å². The number of halogens is 1. The van der Waals surface area contributed by atoms with Gasteiger partial charge in [0.2, 0.25) is 5.89 Å². The molecule has 24 heavy (non-hydrogen) atoms. The van der Waals surface area contributed by atoms with Gasteiger partial charge in [0.05, 0.1) is 19.3 Å². The molecule has 9 heteroatoms. The van der Waals surface area contributed by atoms with Crippen molar-refractivity contribution in [3.63, 3.8) is 0 Å². The Kier molecular flexibility index (Phi) is 7.64. The normalized spacial score (nSPS) is 12.0. The number of oxazole rings is 1. The molecule has 0 saturated heterocycles. The Bertz CT molecular complexity index is 657. The van der Waals surface area contributed by atoms with Crippen molar-refractivity contribution in [1.82, 2.24) is 30.4 Å². The van der Waals surface area contributed by atoms with Crippen LogP contribution in [0.1, 0.15) is 45.2 Å². The molecule has 2 aromatic heterocycles. The predicted octanol–water partition coefficient (Wildman–Crippen LogP) is 2.07. The molecule has 0 unspecified atom stereocenters.